The summed E-state index contributed by atoms with van der Waals surface area (Å²) in [5.74, 6) is -0.306. The fourth-order valence-corrected chi connectivity index (χ4v) is 2.43. The first-order valence-corrected chi connectivity index (χ1v) is 6.86. The number of thiophene rings is 1. The molecule has 0 aromatic carbocycles. The second-order valence-corrected chi connectivity index (χ2v) is 5.07. The van der Waals surface area contributed by atoms with Crippen LogP contribution in [0.2, 0.25) is 0 Å². The van der Waals surface area contributed by atoms with E-state index in [0.717, 1.165) is 0 Å². The SMILES string of the molecule is CC[C@@H](CO)NC(=O)Cn1cnc2sccc2c1=O. The Labute approximate surface area is 113 Å². The molecule has 6 nitrogen and oxygen atoms in total. The Bertz CT molecular complexity index is 630. The Morgan fingerprint density at radius 1 is 1.63 bits per heavy atom. The molecular weight excluding hydrogens is 266 g/mol. The number of aromatic nitrogens is 2. The predicted octanol–water partition coefficient (Wildman–Crippen LogP) is 0.345. The third-order valence-corrected chi connectivity index (χ3v) is 3.66. The molecule has 0 aliphatic heterocycles. The highest BCUT2D eigenvalue weighted by molar-refractivity contribution is 7.16. The van der Waals surface area contributed by atoms with Gasteiger partial charge < -0.3 is 10.4 Å². The molecule has 0 fully saturated rings. The minimum Gasteiger partial charge on any atom is -0.394 e. The van der Waals surface area contributed by atoms with Crippen molar-refractivity contribution >= 4 is 27.5 Å². The van der Waals surface area contributed by atoms with Gasteiger partial charge in [0, 0.05) is 0 Å². The van der Waals surface area contributed by atoms with E-state index in [4.69, 9.17) is 5.11 Å². The number of hydrogen-bond acceptors (Lipinski definition) is 5. The summed E-state index contributed by atoms with van der Waals surface area (Å²) in [6, 6.07) is 1.42. The minimum absolute atomic E-state index is 0.0892. The maximum atomic E-state index is 12.1. The number of nitrogens with zero attached hydrogens (tertiary/aromatic N) is 2. The second kappa shape index (κ2) is 5.94. The summed E-state index contributed by atoms with van der Waals surface area (Å²) in [5, 5.41) is 14.0. The van der Waals surface area contributed by atoms with Crippen LogP contribution in [0.15, 0.2) is 22.6 Å². The van der Waals surface area contributed by atoms with Gasteiger partial charge in [0.15, 0.2) is 0 Å². The van der Waals surface area contributed by atoms with Crippen molar-refractivity contribution in [2.75, 3.05) is 6.61 Å². The van der Waals surface area contributed by atoms with E-state index in [1.165, 1.54) is 22.2 Å². The molecule has 102 valence electrons. The molecule has 0 bridgehead atoms. The Morgan fingerprint density at radius 2 is 2.42 bits per heavy atom. The molecule has 7 heteroatoms. The number of aliphatic hydroxyl groups is 1. The Balaban J connectivity index is 2.15. The third-order valence-electron chi connectivity index (χ3n) is 2.84. The fourth-order valence-electron chi connectivity index (χ4n) is 1.71. The van der Waals surface area contributed by atoms with Crippen molar-refractivity contribution in [2.24, 2.45) is 0 Å². The summed E-state index contributed by atoms with van der Waals surface area (Å²) in [7, 11) is 0. The van der Waals surface area contributed by atoms with E-state index in [0.29, 0.717) is 16.6 Å². The number of hydrogen-bond donors (Lipinski definition) is 2. The standard InChI is InChI=1S/C12H15N3O3S/c1-2-8(6-16)14-10(17)5-15-7-13-11-9(12(15)18)3-4-19-11/h3-4,7-8,16H,2,5-6H2,1H3,(H,14,17)/t8-/m0/s1. The normalized spacial score (nSPS) is 12.5. The quantitative estimate of drug-likeness (QED) is 0.828. The zero-order valence-electron chi connectivity index (χ0n) is 10.5. The van der Waals surface area contributed by atoms with Crippen LogP contribution in [0.25, 0.3) is 10.2 Å². The highest BCUT2D eigenvalue weighted by atomic mass is 32.1. The monoisotopic (exact) mass is 281 g/mol. The van der Waals surface area contributed by atoms with Gasteiger partial charge in [-0.15, -0.1) is 11.3 Å². The van der Waals surface area contributed by atoms with Gasteiger partial charge in [0.05, 0.1) is 24.4 Å². The molecular formula is C12H15N3O3S. The molecule has 19 heavy (non-hydrogen) atoms. The molecule has 2 heterocycles. The topological polar surface area (TPSA) is 84.2 Å². The number of amides is 1. The van der Waals surface area contributed by atoms with Crippen LogP contribution in [0.5, 0.6) is 0 Å². The van der Waals surface area contributed by atoms with Crippen LogP contribution in [0.3, 0.4) is 0 Å². The summed E-state index contributed by atoms with van der Waals surface area (Å²) < 4.78 is 1.27. The number of carbonyl (C=O) groups is 1. The van der Waals surface area contributed by atoms with E-state index >= 15 is 0 Å². The molecule has 0 saturated heterocycles. The zero-order chi connectivity index (χ0) is 13.8. The number of fused-ring (bicyclic) bond motifs is 1. The van der Waals surface area contributed by atoms with Crippen molar-refractivity contribution in [3.8, 4) is 0 Å². The summed E-state index contributed by atoms with van der Waals surface area (Å²) >= 11 is 1.39. The van der Waals surface area contributed by atoms with Gasteiger partial charge in [-0.2, -0.15) is 0 Å². The molecule has 0 saturated carbocycles. The van der Waals surface area contributed by atoms with Gasteiger partial charge in [0.2, 0.25) is 5.91 Å². The van der Waals surface area contributed by atoms with Gasteiger partial charge in [0.25, 0.3) is 5.56 Å². The Morgan fingerprint density at radius 3 is 3.11 bits per heavy atom. The molecule has 1 amide bonds. The van der Waals surface area contributed by atoms with Crippen LogP contribution in [-0.4, -0.2) is 33.2 Å². The van der Waals surface area contributed by atoms with Crippen LogP contribution in [0.1, 0.15) is 13.3 Å². The molecule has 1 atom stereocenters. The van der Waals surface area contributed by atoms with E-state index in [9.17, 15) is 9.59 Å². The molecule has 0 unspecified atom stereocenters. The highest BCUT2D eigenvalue weighted by Gasteiger charge is 2.12. The molecule has 2 aromatic heterocycles. The zero-order valence-corrected chi connectivity index (χ0v) is 11.3. The Hall–Kier alpha value is -1.73. The van der Waals surface area contributed by atoms with Crippen LogP contribution in [0.4, 0.5) is 0 Å². The van der Waals surface area contributed by atoms with Crippen LogP contribution in [-0.2, 0) is 11.3 Å². The molecule has 0 spiro atoms. The van der Waals surface area contributed by atoms with Crippen molar-refractivity contribution < 1.29 is 9.90 Å². The van der Waals surface area contributed by atoms with Crippen molar-refractivity contribution in [3.63, 3.8) is 0 Å². The maximum Gasteiger partial charge on any atom is 0.262 e. The van der Waals surface area contributed by atoms with E-state index < -0.39 is 0 Å². The number of aliphatic hydroxyl groups excluding tert-OH is 1. The van der Waals surface area contributed by atoms with Crippen LogP contribution < -0.4 is 10.9 Å². The van der Waals surface area contributed by atoms with Gasteiger partial charge in [0.1, 0.15) is 11.4 Å². The van der Waals surface area contributed by atoms with E-state index in [-0.39, 0.29) is 30.7 Å². The van der Waals surface area contributed by atoms with Gasteiger partial charge in [-0.3, -0.25) is 14.2 Å². The second-order valence-electron chi connectivity index (χ2n) is 4.17. The lowest BCUT2D eigenvalue weighted by atomic mass is 10.2. The average molecular weight is 281 g/mol. The van der Waals surface area contributed by atoms with Crippen molar-refractivity contribution in [2.45, 2.75) is 25.9 Å². The van der Waals surface area contributed by atoms with Gasteiger partial charge in [-0.1, -0.05) is 6.92 Å². The first-order valence-electron chi connectivity index (χ1n) is 5.98. The minimum atomic E-state index is -0.306. The molecule has 0 aliphatic carbocycles. The number of rotatable bonds is 5. The summed E-state index contributed by atoms with van der Waals surface area (Å²) in [4.78, 5) is 28.6. The largest absolute Gasteiger partial charge is 0.394 e. The molecule has 2 aromatic rings. The van der Waals surface area contributed by atoms with Crippen molar-refractivity contribution in [1.29, 1.82) is 0 Å². The predicted molar refractivity (Wildman–Crippen MR) is 73.2 cm³/mol. The fraction of sp³-hybridized carbons (Fsp3) is 0.417. The lowest BCUT2D eigenvalue weighted by Crippen LogP contribution is -2.40. The maximum absolute atomic E-state index is 12.1. The first-order chi connectivity index (χ1) is 9.15. The van der Waals surface area contributed by atoms with Gasteiger partial charge >= 0.3 is 0 Å². The van der Waals surface area contributed by atoms with E-state index in [1.807, 2.05) is 6.92 Å². The number of nitrogens with one attached hydrogen (secondary N) is 1. The lowest BCUT2D eigenvalue weighted by Gasteiger charge is -2.14. The number of carbonyl (C=O) groups excluding carboxylic acids is 1. The lowest BCUT2D eigenvalue weighted by molar-refractivity contribution is -0.122. The molecule has 0 aliphatic rings. The smallest absolute Gasteiger partial charge is 0.262 e. The van der Waals surface area contributed by atoms with E-state index in [1.54, 1.807) is 11.4 Å². The highest BCUT2D eigenvalue weighted by Crippen LogP contribution is 2.13. The first kappa shape index (κ1) is 13.7. The van der Waals surface area contributed by atoms with Crippen LogP contribution >= 0.6 is 11.3 Å². The van der Waals surface area contributed by atoms with Crippen molar-refractivity contribution in [1.82, 2.24) is 14.9 Å². The Kier molecular flexibility index (Phi) is 4.28. The van der Waals surface area contributed by atoms with Gasteiger partial charge in [-0.25, -0.2) is 4.98 Å². The van der Waals surface area contributed by atoms with Crippen LogP contribution in [0, 0.1) is 0 Å². The molecule has 0 radical (unpaired) electrons. The summed E-state index contributed by atoms with van der Waals surface area (Å²) in [6.45, 7) is 1.67. The summed E-state index contributed by atoms with van der Waals surface area (Å²) in [6.07, 6.45) is 2.01. The van der Waals surface area contributed by atoms with Gasteiger partial charge in [-0.05, 0) is 17.9 Å². The third kappa shape index (κ3) is 2.99. The van der Waals surface area contributed by atoms with E-state index in [2.05, 4.69) is 10.3 Å². The molecule has 2 rings (SSSR count). The van der Waals surface area contributed by atoms with Crippen molar-refractivity contribution in [3.05, 3.63) is 28.1 Å². The molecule has 2 N–H and O–H groups in total. The summed E-state index contributed by atoms with van der Waals surface area (Å²) in [5.41, 5.74) is -0.224. The average Bonchev–Trinajstić information content (AvgIpc) is 2.88.